The Bertz CT molecular complexity index is 2830. The van der Waals surface area contributed by atoms with Gasteiger partial charge < -0.3 is 4.57 Å². The average molecular weight is 629 g/mol. The predicted molar refractivity (Wildman–Crippen MR) is 205 cm³/mol. The van der Waals surface area contributed by atoms with E-state index in [2.05, 4.69) is 174 Å². The van der Waals surface area contributed by atoms with Crippen LogP contribution >= 0.6 is 11.3 Å². The van der Waals surface area contributed by atoms with Crippen LogP contribution in [-0.2, 0) is 0 Å². The van der Waals surface area contributed by atoms with Gasteiger partial charge in [0.1, 0.15) is 0 Å². The number of benzene rings is 7. The van der Waals surface area contributed by atoms with Crippen LogP contribution < -0.4 is 0 Å². The molecule has 10 rings (SSSR count). The molecule has 48 heavy (non-hydrogen) atoms. The van der Waals surface area contributed by atoms with Crippen LogP contribution in [-0.4, -0.2) is 9.55 Å². The fourth-order valence-corrected chi connectivity index (χ4v) is 8.79. The smallest absolute Gasteiger partial charge is 0.0730 e. The first-order chi connectivity index (χ1) is 23.8. The number of hydrogen-bond donors (Lipinski definition) is 0. The normalized spacial score (nSPS) is 11.8. The zero-order valence-corrected chi connectivity index (χ0v) is 26.8. The first-order valence-corrected chi connectivity index (χ1v) is 17.1. The van der Waals surface area contributed by atoms with E-state index in [1.165, 1.54) is 75.5 Å². The number of para-hydroxylation sites is 3. The van der Waals surface area contributed by atoms with Crippen LogP contribution in [0.1, 0.15) is 0 Å². The van der Waals surface area contributed by atoms with Crippen molar-refractivity contribution in [1.82, 2.24) is 9.55 Å². The second kappa shape index (κ2) is 10.8. The molecular weight excluding hydrogens is 601 g/mol. The van der Waals surface area contributed by atoms with Gasteiger partial charge in [-0.25, -0.2) is 4.98 Å². The summed E-state index contributed by atoms with van der Waals surface area (Å²) >= 11 is 1.89. The summed E-state index contributed by atoms with van der Waals surface area (Å²) in [5.74, 6) is 0. The fraction of sp³-hybridized carbons (Fsp3) is 0. The SMILES string of the molecule is c1ccc(-c2cccc(-c3cc(-c4cccc5c4sc4c5ccc5c4c4ccccc4n5-c4ccccc4)nc4ccccc34)c2)cc1. The van der Waals surface area contributed by atoms with Gasteiger partial charge in [-0.05, 0) is 64.7 Å². The van der Waals surface area contributed by atoms with E-state index in [1.54, 1.807) is 0 Å². The molecule has 0 bridgehead atoms. The molecule has 10 aromatic rings. The summed E-state index contributed by atoms with van der Waals surface area (Å²) in [6, 6.07) is 61.1. The third kappa shape index (κ3) is 4.15. The number of thiophene rings is 1. The Labute approximate surface area is 281 Å². The molecule has 3 heterocycles. The standard InChI is InChI=1S/C45H28N2S/c1-3-13-29(14-4-1)30-15-11-16-31(27-30)38-28-40(46-39-23-9-7-19-33(38)39)36-22-12-21-34-35-25-26-42-43(45(35)48-44(34)36)37-20-8-10-24-41(37)47(42)32-17-5-2-6-18-32/h1-28H. The van der Waals surface area contributed by atoms with Crippen LogP contribution in [0.5, 0.6) is 0 Å². The number of pyridine rings is 1. The molecule has 0 spiro atoms. The molecule has 0 radical (unpaired) electrons. The third-order valence-corrected chi connectivity index (χ3v) is 10.9. The molecule has 0 N–H and O–H groups in total. The predicted octanol–water partition coefficient (Wildman–Crippen LogP) is 12.7. The van der Waals surface area contributed by atoms with E-state index < -0.39 is 0 Å². The van der Waals surface area contributed by atoms with Crippen molar-refractivity contribution in [1.29, 1.82) is 0 Å². The summed E-state index contributed by atoms with van der Waals surface area (Å²) in [5.41, 5.74) is 11.6. The lowest BCUT2D eigenvalue weighted by Gasteiger charge is -2.12. The Balaban J connectivity index is 1.22. The molecule has 3 aromatic heterocycles. The lowest BCUT2D eigenvalue weighted by molar-refractivity contribution is 1.18. The number of hydrogen-bond acceptors (Lipinski definition) is 2. The minimum Gasteiger partial charge on any atom is -0.309 e. The second-order valence-corrected chi connectivity index (χ2v) is 13.3. The summed E-state index contributed by atoms with van der Waals surface area (Å²) in [7, 11) is 0. The maximum absolute atomic E-state index is 5.29. The molecule has 0 aliphatic rings. The number of fused-ring (bicyclic) bond motifs is 8. The maximum atomic E-state index is 5.29. The van der Waals surface area contributed by atoms with E-state index >= 15 is 0 Å². The molecule has 7 aromatic carbocycles. The van der Waals surface area contributed by atoms with E-state index in [1.807, 2.05) is 11.3 Å². The van der Waals surface area contributed by atoms with Gasteiger partial charge in [0.05, 0.1) is 22.2 Å². The Morgan fingerprint density at radius 1 is 0.417 bits per heavy atom. The molecule has 0 unspecified atom stereocenters. The van der Waals surface area contributed by atoms with Crippen molar-refractivity contribution in [3.05, 3.63) is 170 Å². The monoisotopic (exact) mass is 628 g/mol. The van der Waals surface area contributed by atoms with Crippen LogP contribution in [0.2, 0.25) is 0 Å². The topological polar surface area (TPSA) is 17.8 Å². The van der Waals surface area contributed by atoms with E-state index in [0.717, 1.165) is 16.6 Å². The zero-order chi connectivity index (χ0) is 31.6. The van der Waals surface area contributed by atoms with Gasteiger partial charge in [-0.15, -0.1) is 11.3 Å². The van der Waals surface area contributed by atoms with E-state index in [4.69, 9.17) is 4.98 Å². The maximum Gasteiger partial charge on any atom is 0.0730 e. The zero-order valence-electron chi connectivity index (χ0n) is 26.0. The second-order valence-electron chi connectivity index (χ2n) is 12.3. The quantitative estimate of drug-likeness (QED) is 0.190. The van der Waals surface area contributed by atoms with Crippen LogP contribution in [0.25, 0.3) is 92.1 Å². The summed E-state index contributed by atoms with van der Waals surface area (Å²) < 4.78 is 4.98. The van der Waals surface area contributed by atoms with E-state index in [9.17, 15) is 0 Å². The summed E-state index contributed by atoms with van der Waals surface area (Å²) in [4.78, 5) is 5.29. The summed E-state index contributed by atoms with van der Waals surface area (Å²) in [6.07, 6.45) is 0. The first-order valence-electron chi connectivity index (χ1n) is 16.3. The molecule has 0 aliphatic heterocycles. The largest absolute Gasteiger partial charge is 0.309 e. The van der Waals surface area contributed by atoms with Crippen molar-refractivity contribution >= 4 is 64.2 Å². The van der Waals surface area contributed by atoms with Crippen molar-refractivity contribution in [3.63, 3.8) is 0 Å². The molecule has 0 saturated heterocycles. The van der Waals surface area contributed by atoms with Crippen molar-refractivity contribution in [2.75, 3.05) is 0 Å². The van der Waals surface area contributed by atoms with Gasteiger partial charge in [-0.2, -0.15) is 0 Å². The molecule has 0 atom stereocenters. The third-order valence-electron chi connectivity index (χ3n) is 9.59. The van der Waals surface area contributed by atoms with Crippen LogP contribution in [0.4, 0.5) is 0 Å². The van der Waals surface area contributed by atoms with Crippen molar-refractivity contribution < 1.29 is 0 Å². The molecule has 0 saturated carbocycles. The highest BCUT2D eigenvalue weighted by Crippen LogP contribution is 2.46. The van der Waals surface area contributed by atoms with Gasteiger partial charge in [0.25, 0.3) is 0 Å². The van der Waals surface area contributed by atoms with Crippen molar-refractivity contribution in [2.24, 2.45) is 0 Å². The molecule has 0 amide bonds. The highest BCUT2D eigenvalue weighted by atomic mass is 32.1. The van der Waals surface area contributed by atoms with Crippen LogP contribution in [0.15, 0.2) is 170 Å². The highest BCUT2D eigenvalue weighted by Gasteiger charge is 2.19. The van der Waals surface area contributed by atoms with E-state index in [0.29, 0.717) is 0 Å². The van der Waals surface area contributed by atoms with Gasteiger partial charge in [-0.1, -0.05) is 127 Å². The minimum atomic E-state index is 0.994. The Hall–Kier alpha value is -6.03. The van der Waals surface area contributed by atoms with Gasteiger partial charge in [-0.3, -0.25) is 0 Å². The van der Waals surface area contributed by atoms with Crippen molar-refractivity contribution in [3.8, 4) is 39.2 Å². The molecule has 224 valence electrons. The van der Waals surface area contributed by atoms with Gasteiger partial charge in [0.2, 0.25) is 0 Å². The summed E-state index contributed by atoms with van der Waals surface area (Å²) in [5, 5.41) is 6.30. The molecule has 0 fully saturated rings. The highest BCUT2D eigenvalue weighted by molar-refractivity contribution is 7.27. The van der Waals surface area contributed by atoms with Crippen molar-refractivity contribution in [2.45, 2.75) is 0 Å². The fourth-order valence-electron chi connectivity index (χ4n) is 7.41. The molecule has 3 heteroatoms. The molecule has 0 aliphatic carbocycles. The van der Waals surface area contributed by atoms with Gasteiger partial charge >= 0.3 is 0 Å². The minimum absolute atomic E-state index is 0.994. The number of rotatable bonds is 4. The number of nitrogens with zero attached hydrogens (tertiary/aromatic N) is 2. The Morgan fingerprint density at radius 3 is 1.96 bits per heavy atom. The van der Waals surface area contributed by atoms with Gasteiger partial charge in [0, 0.05) is 47.6 Å². The Kier molecular flexibility index (Phi) is 6.08. The molecule has 2 nitrogen and oxygen atoms in total. The van der Waals surface area contributed by atoms with Gasteiger partial charge in [0.15, 0.2) is 0 Å². The van der Waals surface area contributed by atoms with Crippen LogP contribution in [0, 0.1) is 0 Å². The number of aromatic nitrogens is 2. The average Bonchev–Trinajstić information content (AvgIpc) is 3.71. The van der Waals surface area contributed by atoms with Crippen LogP contribution in [0.3, 0.4) is 0 Å². The first kappa shape index (κ1) is 27.1. The Morgan fingerprint density at radius 2 is 1.08 bits per heavy atom. The lowest BCUT2D eigenvalue weighted by Crippen LogP contribution is -1.92. The van der Waals surface area contributed by atoms with E-state index in [-0.39, 0.29) is 0 Å². The molecular formula is C45H28N2S. The lowest BCUT2D eigenvalue weighted by atomic mass is 9.95. The summed E-state index contributed by atoms with van der Waals surface area (Å²) in [6.45, 7) is 0.